The molecule has 5 heteroatoms. The summed E-state index contributed by atoms with van der Waals surface area (Å²) in [5.74, 6) is -3.02. The predicted molar refractivity (Wildman–Crippen MR) is 52.2 cm³/mol. The number of hydrogen-bond acceptors (Lipinski definition) is 2. The Kier molecular flexibility index (Phi) is 2.68. The fourth-order valence-electron chi connectivity index (χ4n) is 1.65. The topological polar surface area (TPSA) is 20.2 Å². The quantitative estimate of drug-likeness (QED) is 0.753. The van der Waals surface area contributed by atoms with Crippen LogP contribution >= 0.6 is 11.8 Å². The molecule has 0 saturated carbocycles. The minimum atomic E-state index is -1.52. The highest BCUT2D eigenvalue weighted by Gasteiger charge is 2.37. The smallest absolute Gasteiger partial charge is 0.194 e. The van der Waals surface area contributed by atoms with Crippen LogP contribution in [0, 0.1) is 17.5 Å². The van der Waals surface area contributed by atoms with Crippen molar-refractivity contribution in [3.8, 4) is 0 Å². The van der Waals surface area contributed by atoms with Crippen molar-refractivity contribution in [2.75, 3.05) is 11.5 Å². The lowest BCUT2D eigenvalue weighted by Gasteiger charge is -2.22. The van der Waals surface area contributed by atoms with Crippen molar-refractivity contribution in [2.45, 2.75) is 12.0 Å². The van der Waals surface area contributed by atoms with Crippen molar-refractivity contribution in [3.63, 3.8) is 0 Å². The van der Waals surface area contributed by atoms with Gasteiger partial charge in [0, 0.05) is 11.3 Å². The van der Waals surface area contributed by atoms with Crippen molar-refractivity contribution in [2.24, 2.45) is 0 Å². The van der Waals surface area contributed by atoms with Gasteiger partial charge in [0.1, 0.15) is 5.60 Å². The monoisotopic (exact) mass is 234 g/mol. The van der Waals surface area contributed by atoms with E-state index in [-0.39, 0.29) is 5.56 Å². The standard InChI is InChI=1S/C10H9F3OS/c11-7-2-1-6(8(12)9(7)13)10(14)3-4-15-5-10/h1-2,14H,3-5H2. The normalized spacial score (nSPS) is 25.9. The molecule has 0 radical (unpaired) electrons. The molecule has 1 nitrogen and oxygen atoms in total. The van der Waals surface area contributed by atoms with Crippen LogP contribution in [0.15, 0.2) is 12.1 Å². The van der Waals surface area contributed by atoms with Crippen LogP contribution < -0.4 is 0 Å². The summed E-state index contributed by atoms with van der Waals surface area (Å²) in [6, 6.07) is 1.95. The Morgan fingerprint density at radius 2 is 1.93 bits per heavy atom. The van der Waals surface area contributed by atoms with Gasteiger partial charge < -0.3 is 5.11 Å². The lowest BCUT2D eigenvalue weighted by atomic mass is 9.93. The molecule has 1 N–H and O–H groups in total. The lowest BCUT2D eigenvalue weighted by molar-refractivity contribution is 0.0608. The van der Waals surface area contributed by atoms with E-state index in [0.717, 1.165) is 12.1 Å². The maximum atomic E-state index is 13.4. The Morgan fingerprint density at radius 3 is 2.53 bits per heavy atom. The molecule has 1 atom stereocenters. The van der Waals surface area contributed by atoms with Gasteiger partial charge in [0.2, 0.25) is 0 Å². The van der Waals surface area contributed by atoms with Crippen molar-refractivity contribution in [3.05, 3.63) is 35.1 Å². The van der Waals surface area contributed by atoms with Crippen LogP contribution in [0.5, 0.6) is 0 Å². The second-order valence-electron chi connectivity index (χ2n) is 3.56. The highest BCUT2D eigenvalue weighted by atomic mass is 32.2. The fraction of sp³-hybridized carbons (Fsp3) is 0.400. The van der Waals surface area contributed by atoms with Gasteiger partial charge in [-0.05, 0) is 18.2 Å². The summed E-state index contributed by atoms with van der Waals surface area (Å²) in [7, 11) is 0. The minimum Gasteiger partial charge on any atom is -0.384 e. The van der Waals surface area contributed by atoms with E-state index in [0.29, 0.717) is 17.9 Å². The molecule has 1 aliphatic rings. The van der Waals surface area contributed by atoms with E-state index in [4.69, 9.17) is 0 Å². The molecule has 0 aromatic heterocycles. The van der Waals surface area contributed by atoms with Crippen LogP contribution in [-0.4, -0.2) is 16.6 Å². The molecule has 1 aliphatic heterocycles. The van der Waals surface area contributed by atoms with E-state index < -0.39 is 23.1 Å². The Balaban J connectivity index is 2.49. The van der Waals surface area contributed by atoms with Crippen LogP contribution in [0.4, 0.5) is 13.2 Å². The van der Waals surface area contributed by atoms with Crippen LogP contribution in [0.25, 0.3) is 0 Å². The summed E-state index contributed by atoms with van der Waals surface area (Å²) in [5, 5.41) is 10.0. The molecule has 0 bridgehead atoms. The van der Waals surface area contributed by atoms with Gasteiger partial charge in [-0.1, -0.05) is 6.07 Å². The second kappa shape index (κ2) is 3.72. The van der Waals surface area contributed by atoms with Crippen molar-refractivity contribution >= 4 is 11.8 Å². The van der Waals surface area contributed by atoms with E-state index in [2.05, 4.69) is 0 Å². The van der Waals surface area contributed by atoms with Crippen molar-refractivity contribution in [1.82, 2.24) is 0 Å². The zero-order chi connectivity index (χ0) is 11.1. The lowest BCUT2D eigenvalue weighted by Crippen LogP contribution is -2.27. The van der Waals surface area contributed by atoms with E-state index >= 15 is 0 Å². The number of thioether (sulfide) groups is 1. The zero-order valence-corrected chi connectivity index (χ0v) is 8.58. The average molecular weight is 234 g/mol. The first-order chi connectivity index (χ1) is 7.04. The van der Waals surface area contributed by atoms with Gasteiger partial charge in [-0.25, -0.2) is 13.2 Å². The van der Waals surface area contributed by atoms with Gasteiger partial charge in [0.05, 0.1) is 0 Å². The summed E-state index contributed by atoms with van der Waals surface area (Å²) in [6.45, 7) is 0. The number of halogens is 3. The third-order valence-corrected chi connectivity index (χ3v) is 3.71. The first kappa shape index (κ1) is 10.8. The first-order valence-electron chi connectivity index (χ1n) is 4.49. The number of rotatable bonds is 1. The second-order valence-corrected chi connectivity index (χ2v) is 4.66. The largest absolute Gasteiger partial charge is 0.384 e. The summed E-state index contributed by atoms with van der Waals surface area (Å²) in [6.07, 6.45) is 0.361. The Morgan fingerprint density at radius 1 is 1.20 bits per heavy atom. The Labute approximate surface area is 89.3 Å². The highest BCUT2D eigenvalue weighted by Crippen LogP contribution is 2.38. The van der Waals surface area contributed by atoms with Gasteiger partial charge >= 0.3 is 0 Å². The number of hydrogen-bond donors (Lipinski definition) is 1. The van der Waals surface area contributed by atoms with E-state index in [1.165, 1.54) is 11.8 Å². The summed E-state index contributed by atoms with van der Waals surface area (Å²) in [4.78, 5) is 0. The molecule has 1 heterocycles. The average Bonchev–Trinajstić information content (AvgIpc) is 2.62. The first-order valence-corrected chi connectivity index (χ1v) is 5.64. The van der Waals surface area contributed by atoms with Crippen LogP contribution in [-0.2, 0) is 5.60 Å². The maximum absolute atomic E-state index is 13.4. The molecular formula is C10H9F3OS. The predicted octanol–water partition coefficient (Wildman–Crippen LogP) is 2.43. The molecule has 0 amide bonds. The molecule has 1 aromatic carbocycles. The molecule has 0 spiro atoms. The maximum Gasteiger partial charge on any atom is 0.194 e. The molecular weight excluding hydrogens is 225 g/mol. The van der Waals surface area contributed by atoms with Gasteiger partial charge in [0.15, 0.2) is 17.5 Å². The van der Waals surface area contributed by atoms with Gasteiger partial charge in [-0.3, -0.25) is 0 Å². The SMILES string of the molecule is OC1(c2ccc(F)c(F)c2F)CCSC1. The van der Waals surface area contributed by atoms with Crippen molar-refractivity contribution < 1.29 is 18.3 Å². The van der Waals surface area contributed by atoms with Gasteiger partial charge in [0.25, 0.3) is 0 Å². The summed E-state index contributed by atoms with van der Waals surface area (Å²) >= 11 is 1.46. The summed E-state index contributed by atoms with van der Waals surface area (Å²) < 4.78 is 39.0. The molecule has 1 fully saturated rings. The minimum absolute atomic E-state index is 0.147. The third-order valence-electron chi connectivity index (χ3n) is 2.54. The van der Waals surface area contributed by atoms with Gasteiger partial charge in [-0.15, -0.1) is 0 Å². The highest BCUT2D eigenvalue weighted by molar-refractivity contribution is 7.99. The van der Waals surface area contributed by atoms with Crippen LogP contribution in [0.2, 0.25) is 0 Å². The molecule has 15 heavy (non-hydrogen) atoms. The number of aliphatic hydroxyl groups is 1. The van der Waals surface area contributed by atoms with E-state index in [9.17, 15) is 18.3 Å². The Hall–Kier alpha value is -0.680. The number of benzene rings is 1. The van der Waals surface area contributed by atoms with Crippen molar-refractivity contribution in [1.29, 1.82) is 0 Å². The van der Waals surface area contributed by atoms with E-state index in [1.807, 2.05) is 0 Å². The molecule has 1 unspecified atom stereocenters. The third kappa shape index (κ3) is 1.74. The molecule has 82 valence electrons. The molecule has 2 rings (SSSR count). The van der Waals surface area contributed by atoms with Crippen LogP contribution in [0.3, 0.4) is 0 Å². The molecule has 1 saturated heterocycles. The summed E-state index contributed by atoms with van der Waals surface area (Å²) in [5.41, 5.74) is -1.50. The van der Waals surface area contributed by atoms with Gasteiger partial charge in [-0.2, -0.15) is 11.8 Å². The van der Waals surface area contributed by atoms with Crippen LogP contribution in [0.1, 0.15) is 12.0 Å². The fourth-order valence-corrected chi connectivity index (χ4v) is 2.92. The Bertz CT molecular complexity index is 388. The van der Waals surface area contributed by atoms with E-state index in [1.54, 1.807) is 0 Å². The zero-order valence-electron chi connectivity index (χ0n) is 7.77. The molecule has 0 aliphatic carbocycles. The molecule has 1 aromatic rings.